The van der Waals surface area contributed by atoms with Crippen LogP contribution in [0, 0.1) is 0 Å². The van der Waals surface area contributed by atoms with E-state index in [0.29, 0.717) is 12.0 Å². The van der Waals surface area contributed by atoms with Gasteiger partial charge in [-0.05, 0) is 20.8 Å². The van der Waals surface area contributed by atoms with E-state index in [4.69, 9.17) is 9.84 Å². The minimum Gasteiger partial charge on any atom is -0.433 e. The fourth-order valence-electron chi connectivity index (χ4n) is 0.512. The van der Waals surface area contributed by atoms with Gasteiger partial charge >= 0.3 is 5.97 Å². The molecule has 1 N–H and O–H groups in total. The number of rotatable bonds is 5. The van der Waals surface area contributed by atoms with Gasteiger partial charge in [0.2, 0.25) is 6.29 Å². The van der Waals surface area contributed by atoms with E-state index in [-0.39, 0.29) is 0 Å². The van der Waals surface area contributed by atoms with Gasteiger partial charge in [0.15, 0.2) is 0 Å². The average Bonchev–Trinajstić information content (AvgIpc) is 2.19. The van der Waals surface area contributed by atoms with Crippen molar-refractivity contribution in [1.29, 1.82) is 0 Å². The molecule has 4 heteroatoms. The number of aliphatic hydroxyl groups is 1. The second-order valence-corrected chi connectivity index (χ2v) is 2.83. The lowest BCUT2D eigenvalue weighted by Crippen LogP contribution is -2.16. The first-order valence-electron chi connectivity index (χ1n) is 5.11. The molecule has 4 nitrogen and oxygen atoms in total. The molecule has 0 aromatic rings. The summed E-state index contributed by atoms with van der Waals surface area (Å²) in [6.45, 7) is 12.3. The third-order valence-electron chi connectivity index (χ3n) is 1.35. The molecule has 0 spiro atoms. The summed E-state index contributed by atoms with van der Waals surface area (Å²) in [5, 5.41) is 8.79. The Bertz CT molecular complexity index is 175. The number of carbonyl (C=O) groups excluding carboxylic acids is 1. The quantitative estimate of drug-likeness (QED) is 0.435. The maximum absolute atomic E-state index is 10.6. The molecule has 0 aliphatic heterocycles. The molecule has 0 aliphatic carbocycles. The lowest BCUT2D eigenvalue weighted by atomic mass is 10.3. The van der Waals surface area contributed by atoms with Crippen molar-refractivity contribution in [2.45, 2.75) is 40.4 Å². The molecule has 0 heterocycles. The molecule has 15 heavy (non-hydrogen) atoms. The van der Waals surface area contributed by atoms with Gasteiger partial charge in [0, 0.05) is 25.2 Å². The predicted octanol–water partition coefficient (Wildman–Crippen LogP) is 1.88. The van der Waals surface area contributed by atoms with Crippen LogP contribution in [0.1, 0.15) is 34.1 Å². The Morgan fingerprint density at radius 2 is 1.80 bits per heavy atom. The highest BCUT2D eigenvalue weighted by Crippen LogP contribution is 1.98. The van der Waals surface area contributed by atoms with Gasteiger partial charge in [-0.25, -0.2) is 4.79 Å². The van der Waals surface area contributed by atoms with Gasteiger partial charge in [-0.3, -0.25) is 0 Å². The number of hydrogen-bond donors (Lipinski definition) is 1. The SMILES string of the molecule is C=C(C)C(=O)OC(O)CC.CCOCC. The van der Waals surface area contributed by atoms with Gasteiger partial charge in [0.25, 0.3) is 0 Å². The van der Waals surface area contributed by atoms with Gasteiger partial charge in [0.05, 0.1) is 0 Å². The number of ether oxygens (including phenoxy) is 2. The van der Waals surface area contributed by atoms with Gasteiger partial charge in [-0.2, -0.15) is 0 Å². The van der Waals surface area contributed by atoms with Crippen LogP contribution >= 0.6 is 0 Å². The predicted molar refractivity (Wildman–Crippen MR) is 59.4 cm³/mol. The van der Waals surface area contributed by atoms with E-state index < -0.39 is 12.3 Å². The molecule has 0 amide bonds. The lowest BCUT2D eigenvalue weighted by molar-refractivity contribution is -0.162. The molecule has 0 aromatic heterocycles. The van der Waals surface area contributed by atoms with E-state index >= 15 is 0 Å². The topological polar surface area (TPSA) is 55.8 Å². The van der Waals surface area contributed by atoms with E-state index in [0.717, 1.165) is 13.2 Å². The molecule has 90 valence electrons. The molecule has 0 fully saturated rings. The van der Waals surface area contributed by atoms with E-state index in [1.807, 2.05) is 13.8 Å². The van der Waals surface area contributed by atoms with Crippen LogP contribution in [0.3, 0.4) is 0 Å². The van der Waals surface area contributed by atoms with Gasteiger partial charge in [0.1, 0.15) is 0 Å². The van der Waals surface area contributed by atoms with E-state index in [2.05, 4.69) is 11.3 Å². The monoisotopic (exact) mass is 218 g/mol. The van der Waals surface area contributed by atoms with Crippen molar-refractivity contribution in [3.63, 3.8) is 0 Å². The van der Waals surface area contributed by atoms with Crippen LogP contribution in [0.2, 0.25) is 0 Å². The number of hydrogen-bond acceptors (Lipinski definition) is 4. The fourth-order valence-corrected chi connectivity index (χ4v) is 0.512. The maximum Gasteiger partial charge on any atom is 0.335 e. The molecule has 1 unspecified atom stereocenters. The standard InChI is InChI=1S/C7H12O3.C4H10O/c1-4-6(8)10-7(9)5(2)3;1-3-5-4-2/h6,8H,2,4H2,1,3H3;3-4H2,1-2H3. The second-order valence-electron chi connectivity index (χ2n) is 2.83. The third kappa shape index (κ3) is 13.1. The summed E-state index contributed by atoms with van der Waals surface area (Å²) in [7, 11) is 0. The smallest absolute Gasteiger partial charge is 0.335 e. The third-order valence-corrected chi connectivity index (χ3v) is 1.35. The fraction of sp³-hybridized carbons (Fsp3) is 0.727. The van der Waals surface area contributed by atoms with Crippen LogP contribution in [-0.4, -0.2) is 30.6 Å². The first-order chi connectivity index (χ1) is 6.99. The molecule has 0 saturated carbocycles. The second kappa shape index (κ2) is 11.2. The Morgan fingerprint density at radius 3 is 2.00 bits per heavy atom. The summed E-state index contributed by atoms with van der Waals surface area (Å²) in [4.78, 5) is 10.6. The Balaban J connectivity index is 0. The van der Waals surface area contributed by atoms with Gasteiger partial charge in [-0.15, -0.1) is 0 Å². The first-order valence-corrected chi connectivity index (χ1v) is 5.11. The van der Waals surface area contributed by atoms with Crippen molar-refractivity contribution in [2.24, 2.45) is 0 Å². The average molecular weight is 218 g/mol. The van der Waals surface area contributed by atoms with Crippen LogP contribution < -0.4 is 0 Å². The first kappa shape index (κ1) is 16.6. The molecule has 0 saturated heterocycles. The zero-order chi connectivity index (χ0) is 12.3. The van der Waals surface area contributed by atoms with Crippen molar-refractivity contribution in [3.05, 3.63) is 12.2 Å². The largest absolute Gasteiger partial charge is 0.433 e. The summed E-state index contributed by atoms with van der Waals surface area (Å²) in [6, 6.07) is 0. The Labute approximate surface area is 91.9 Å². The Kier molecular flexibility index (Phi) is 12.4. The number of esters is 1. The van der Waals surface area contributed by atoms with Gasteiger partial charge in [-0.1, -0.05) is 13.5 Å². The summed E-state index contributed by atoms with van der Waals surface area (Å²) >= 11 is 0. The van der Waals surface area contributed by atoms with Crippen molar-refractivity contribution < 1.29 is 19.4 Å². The molecule has 1 atom stereocenters. The summed E-state index contributed by atoms with van der Waals surface area (Å²) in [6.07, 6.45) is -0.594. The lowest BCUT2D eigenvalue weighted by Gasteiger charge is -2.08. The zero-order valence-corrected chi connectivity index (χ0v) is 10.1. The van der Waals surface area contributed by atoms with Crippen molar-refractivity contribution in [2.75, 3.05) is 13.2 Å². The summed E-state index contributed by atoms with van der Waals surface area (Å²) in [5.74, 6) is -0.547. The molecule has 0 rings (SSSR count). The van der Waals surface area contributed by atoms with Crippen LogP contribution in [0.15, 0.2) is 12.2 Å². The van der Waals surface area contributed by atoms with E-state index in [1.54, 1.807) is 6.92 Å². The normalized spacial score (nSPS) is 11.0. The highest BCUT2D eigenvalue weighted by Gasteiger charge is 2.07. The van der Waals surface area contributed by atoms with Crippen molar-refractivity contribution >= 4 is 5.97 Å². The molecule has 0 aromatic carbocycles. The zero-order valence-electron chi connectivity index (χ0n) is 10.1. The molecule has 0 aliphatic rings. The van der Waals surface area contributed by atoms with Gasteiger partial charge < -0.3 is 14.6 Å². The molecular weight excluding hydrogens is 196 g/mol. The van der Waals surface area contributed by atoms with Crippen molar-refractivity contribution in [3.8, 4) is 0 Å². The number of carbonyl (C=O) groups is 1. The summed E-state index contributed by atoms with van der Waals surface area (Å²) < 4.78 is 9.31. The molecule has 0 bridgehead atoms. The minimum atomic E-state index is -0.996. The summed E-state index contributed by atoms with van der Waals surface area (Å²) in [5.41, 5.74) is 0.299. The number of aliphatic hydroxyl groups excluding tert-OH is 1. The highest BCUT2D eigenvalue weighted by molar-refractivity contribution is 5.86. The minimum absolute atomic E-state index is 0.299. The Hall–Kier alpha value is -0.870. The van der Waals surface area contributed by atoms with E-state index in [1.165, 1.54) is 6.92 Å². The van der Waals surface area contributed by atoms with Crippen LogP contribution in [0.4, 0.5) is 0 Å². The van der Waals surface area contributed by atoms with Crippen LogP contribution in [-0.2, 0) is 14.3 Å². The van der Waals surface area contributed by atoms with Crippen molar-refractivity contribution in [1.82, 2.24) is 0 Å². The van der Waals surface area contributed by atoms with E-state index in [9.17, 15) is 4.79 Å². The highest BCUT2D eigenvalue weighted by atomic mass is 16.6. The van der Waals surface area contributed by atoms with Crippen LogP contribution in [0.5, 0.6) is 0 Å². The maximum atomic E-state index is 10.6. The molecule has 0 radical (unpaired) electrons. The Morgan fingerprint density at radius 1 is 1.33 bits per heavy atom. The van der Waals surface area contributed by atoms with Crippen LogP contribution in [0.25, 0.3) is 0 Å². The molecular formula is C11H22O4.